The Morgan fingerprint density at radius 3 is 2.62 bits per heavy atom. The molecule has 0 fully saturated rings. The predicted molar refractivity (Wildman–Crippen MR) is 80.6 cm³/mol. The van der Waals surface area contributed by atoms with Crippen LogP contribution in [0.25, 0.3) is 0 Å². The molecule has 0 saturated heterocycles. The number of hydrogen-bond donors (Lipinski definition) is 3. The quantitative estimate of drug-likeness (QED) is 0.700. The monoisotopic (exact) mass is 296 g/mol. The molecular weight excluding hydrogens is 272 g/mol. The van der Waals surface area contributed by atoms with Gasteiger partial charge in [0, 0.05) is 25.2 Å². The van der Waals surface area contributed by atoms with E-state index in [2.05, 4.69) is 10.6 Å². The minimum atomic E-state index is -0.496. The number of alkyl carbamates (subject to hydrolysis) is 1. The fourth-order valence-electron chi connectivity index (χ4n) is 1.67. The summed E-state index contributed by atoms with van der Waals surface area (Å²) in [6.45, 7) is 6.94. The van der Waals surface area contributed by atoms with Crippen LogP contribution in [-0.2, 0) is 11.3 Å². The van der Waals surface area contributed by atoms with E-state index in [-0.39, 0.29) is 5.75 Å². The third kappa shape index (κ3) is 6.35. The fraction of sp³-hybridized carbons (Fsp3) is 0.533. The minimum absolute atomic E-state index is 0.132. The van der Waals surface area contributed by atoms with Gasteiger partial charge in [-0.15, -0.1) is 0 Å². The van der Waals surface area contributed by atoms with E-state index >= 15 is 0 Å². The Morgan fingerprint density at radius 2 is 2.00 bits per heavy atom. The van der Waals surface area contributed by atoms with Crippen LogP contribution in [0.3, 0.4) is 0 Å². The lowest BCUT2D eigenvalue weighted by Crippen LogP contribution is -2.36. The predicted octanol–water partition coefficient (Wildman–Crippen LogP) is 2.02. The van der Waals surface area contributed by atoms with Gasteiger partial charge in [-0.2, -0.15) is 0 Å². The number of phenols is 1. The van der Waals surface area contributed by atoms with E-state index in [9.17, 15) is 9.90 Å². The molecule has 0 aliphatic heterocycles. The highest BCUT2D eigenvalue weighted by atomic mass is 16.6. The van der Waals surface area contributed by atoms with Gasteiger partial charge in [0.2, 0.25) is 0 Å². The van der Waals surface area contributed by atoms with E-state index < -0.39 is 11.7 Å². The van der Waals surface area contributed by atoms with Crippen LogP contribution < -0.4 is 15.4 Å². The smallest absolute Gasteiger partial charge is 0.407 e. The molecule has 1 aromatic rings. The molecule has 1 aromatic carbocycles. The average molecular weight is 296 g/mol. The van der Waals surface area contributed by atoms with Gasteiger partial charge >= 0.3 is 6.09 Å². The summed E-state index contributed by atoms with van der Waals surface area (Å²) in [5.74, 6) is 0.578. The maximum atomic E-state index is 11.4. The molecule has 0 bridgehead atoms. The second-order valence-corrected chi connectivity index (χ2v) is 5.57. The molecule has 1 amide bonds. The number of benzene rings is 1. The van der Waals surface area contributed by atoms with Crippen LogP contribution in [0.5, 0.6) is 11.5 Å². The lowest BCUT2D eigenvalue weighted by Gasteiger charge is -2.19. The number of carbonyl (C=O) groups is 1. The van der Waals surface area contributed by atoms with Crippen LogP contribution in [0.15, 0.2) is 18.2 Å². The summed E-state index contributed by atoms with van der Waals surface area (Å²) in [7, 11) is 1.51. The highest BCUT2D eigenvalue weighted by molar-refractivity contribution is 5.67. The van der Waals surface area contributed by atoms with Crippen molar-refractivity contribution in [2.75, 3.05) is 20.2 Å². The van der Waals surface area contributed by atoms with Gasteiger partial charge in [-0.25, -0.2) is 4.79 Å². The zero-order valence-corrected chi connectivity index (χ0v) is 13.0. The van der Waals surface area contributed by atoms with Crippen LogP contribution in [0, 0.1) is 0 Å². The number of nitrogens with one attached hydrogen (secondary N) is 2. The Balaban J connectivity index is 2.28. The summed E-state index contributed by atoms with van der Waals surface area (Å²) in [5, 5.41) is 15.7. The third-order valence-corrected chi connectivity index (χ3v) is 2.59. The number of carbonyl (C=O) groups excluding carboxylic acids is 1. The molecule has 6 heteroatoms. The summed E-state index contributed by atoms with van der Waals surface area (Å²) >= 11 is 0. The van der Waals surface area contributed by atoms with Crippen molar-refractivity contribution in [3.63, 3.8) is 0 Å². The summed E-state index contributed by atoms with van der Waals surface area (Å²) in [4.78, 5) is 11.4. The van der Waals surface area contributed by atoms with E-state index in [1.807, 2.05) is 32.9 Å². The number of amides is 1. The first-order valence-corrected chi connectivity index (χ1v) is 6.86. The van der Waals surface area contributed by atoms with Crippen molar-refractivity contribution in [1.29, 1.82) is 0 Å². The standard InChI is InChI=1S/C15H24N2O4/c1-15(2,3)21-14(19)17-9-8-16-10-11-6-5-7-12(20-4)13(11)18/h5-7,16,18H,8-10H2,1-4H3,(H,17,19). The Hall–Kier alpha value is -1.95. The van der Waals surface area contributed by atoms with Crippen LogP contribution >= 0.6 is 0 Å². The number of aromatic hydroxyl groups is 1. The van der Waals surface area contributed by atoms with Crippen LogP contribution in [0.1, 0.15) is 26.3 Å². The molecule has 0 spiro atoms. The van der Waals surface area contributed by atoms with Gasteiger partial charge in [0.05, 0.1) is 7.11 Å². The summed E-state index contributed by atoms with van der Waals surface area (Å²) in [6, 6.07) is 5.32. The third-order valence-electron chi connectivity index (χ3n) is 2.59. The minimum Gasteiger partial charge on any atom is -0.504 e. The van der Waals surface area contributed by atoms with Gasteiger partial charge < -0.3 is 25.2 Å². The van der Waals surface area contributed by atoms with Crippen molar-refractivity contribution in [2.45, 2.75) is 32.9 Å². The van der Waals surface area contributed by atoms with Crippen molar-refractivity contribution in [1.82, 2.24) is 10.6 Å². The van der Waals surface area contributed by atoms with Crippen molar-refractivity contribution in [3.05, 3.63) is 23.8 Å². The molecule has 1 rings (SSSR count). The molecule has 0 aliphatic rings. The highest BCUT2D eigenvalue weighted by Gasteiger charge is 2.15. The van der Waals surface area contributed by atoms with E-state index in [1.165, 1.54) is 7.11 Å². The summed E-state index contributed by atoms with van der Waals surface area (Å²) in [5.41, 5.74) is 0.246. The lowest BCUT2D eigenvalue weighted by atomic mass is 10.2. The van der Waals surface area contributed by atoms with Gasteiger partial charge in [0.1, 0.15) is 5.60 Å². The van der Waals surface area contributed by atoms with Crippen molar-refractivity contribution < 1.29 is 19.4 Å². The van der Waals surface area contributed by atoms with Gasteiger partial charge in [0.25, 0.3) is 0 Å². The Labute approximate surface area is 125 Å². The Morgan fingerprint density at radius 1 is 1.29 bits per heavy atom. The topological polar surface area (TPSA) is 79.8 Å². The molecule has 0 aliphatic carbocycles. The zero-order valence-electron chi connectivity index (χ0n) is 13.0. The SMILES string of the molecule is COc1cccc(CNCCNC(=O)OC(C)(C)C)c1O. The van der Waals surface area contributed by atoms with Gasteiger partial charge in [-0.3, -0.25) is 0 Å². The van der Waals surface area contributed by atoms with E-state index in [4.69, 9.17) is 9.47 Å². The molecule has 0 aromatic heterocycles. The molecule has 0 unspecified atom stereocenters. The van der Waals surface area contributed by atoms with Crippen LogP contribution in [0.4, 0.5) is 4.79 Å². The Kier molecular flexibility index (Phi) is 6.30. The molecule has 0 radical (unpaired) electrons. The van der Waals surface area contributed by atoms with Gasteiger partial charge in [-0.05, 0) is 26.8 Å². The maximum Gasteiger partial charge on any atom is 0.407 e. The first-order valence-electron chi connectivity index (χ1n) is 6.86. The Bertz CT molecular complexity index is 469. The average Bonchev–Trinajstić information content (AvgIpc) is 2.38. The normalized spacial score (nSPS) is 11.0. The molecule has 118 valence electrons. The number of para-hydroxylation sites is 1. The van der Waals surface area contributed by atoms with Crippen LogP contribution in [0.2, 0.25) is 0 Å². The van der Waals surface area contributed by atoms with Crippen LogP contribution in [-0.4, -0.2) is 37.0 Å². The molecule has 0 heterocycles. The maximum absolute atomic E-state index is 11.4. The van der Waals surface area contributed by atoms with Crippen molar-refractivity contribution in [3.8, 4) is 11.5 Å². The van der Waals surface area contributed by atoms with E-state index in [0.29, 0.717) is 25.4 Å². The van der Waals surface area contributed by atoms with Gasteiger partial charge in [-0.1, -0.05) is 12.1 Å². The second kappa shape index (κ2) is 7.73. The highest BCUT2D eigenvalue weighted by Crippen LogP contribution is 2.28. The first-order chi connectivity index (χ1) is 9.83. The lowest BCUT2D eigenvalue weighted by molar-refractivity contribution is 0.0528. The largest absolute Gasteiger partial charge is 0.504 e. The number of rotatable bonds is 6. The molecule has 6 nitrogen and oxygen atoms in total. The molecule has 0 saturated carbocycles. The molecule has 3 N–H and O–H groups in total. The van der Waals surface area contributed by atoms with E-state index in [0.717, 1.165) is 5.56 Å². The first kappa shape index (κ1) is 17.1. The molecule has 0 atom stereocenters. The number of phenolic OH excluding ortho intramolecular Hbond substituents is 1. The second-order valence-electron chi connectivity index (χ2n) is 5.57. The van der Waals surface area contributed by atoms with E-state index in [1.54, 1.807) is 6.07 Å². The number of ether oxygens (including phenoxy) is 2. The van der Waals surface area contributed by atoms with Crippen molar-refractivity contribution >= 4 is 6.09 Å². The van der Waals surface area contributed by atoms with Crippen molar-refractivity contribution in [2.24, 2.45) is 0 Å². The molecule has 21 heavy (non-hydrogen) atoms. The molecular formula is C15H24N2O4. The number of methoxy groups -OCH3 is 1. The fourth-order valence-corrected chi connectivity index (χ4v) is 1.67. The number of hydrogen-bond acceptors (Lipinski definition) is 5. The zero-order chi connectivity index (χ0) is 15.9. The summed E-state index contributed by atoms with van der Waals surface area (Å²) < 4.78 is 10.2. The van der Waals surface area contributed by atoms with Gasteiger partial charge in [0.15, 0.2) is 11.5 Å². The summed E-state index contributed by atoms with van der Waals surface area (Å²) in [6.07, 6.45) is -0.437.